The first kappa shape index (κ1) is 20.6. The van der Waals surface area contributed by atoms with Crippen molar-refractivity contribution in [3.63, 3.8) is 0 Å². The summed E-state index contributed by atoms with van der Waals surface area (Å²) < 4.78 is 0. The Hall–Kier alpha value is -3.08. The van der Waals surface area contributed by atoms with Gasteiger partial charge in [0.15, 0.2) is 0 Å². The summed E-state index contributed by atoms with van der Waals surface area (Å²) >= 11 is 0. The summed E-state index contributed by atoms with van der Waals surface area (Å²) in [6.07, 6.45) is 2.72. The second kappa shape index (κ2) is 8.52. The average Bonchev–Trinajstić information content (AvgIpc) is 2.95. The van der Waals surface area contributed by atoms with Gasteiger partial charge in [0, 0.05) is 12.1 Å². The van der Waals surface area contributed by atoms with E-state index in [0.717, 1.165) is 30.4 Å². The molecule has 152 valence electrons. The summed E-state index contributed by atoms with van der Waals surface area (Å²) in [5, 5.41) is 20.7. The van der Waals surface area contributed by atoms with E-state index in [2.05, 4.69) is 6.92 Å². The number of ketones is 1. The summed E-state index contributed by atoms with van der Waals surface area (Å²) in [5.41, 5.74) is 3.37. The molecule has 3 rings (SSSR count). The van der Waals surface area contributed by atoms with Crippen LogP contribution in [0.2, 0.25) is 0 Å². The molecule has 0 aromatic heterocycles. The van der Waals surface area contributed by atoms with Gasteiger partial charge in [0.05, 0.1) is 11.6 Å². The van der Waals surface area contributed by atoms with E-state index in [4.69, 9.17) is 0 Å². The van der Waals surface area contributed by atoms with Crippen molar-refractivity contribution in [1.29, 1.82) is 0 Å². The fraction of sp³-hybridized carbons (Fsp3) is 0.333. The molecule has 29 heavy (non-hydrogen) atoms. The Labute approximate surface area is 171 Å². The van der Waals surface area contributed by atoms with Crippen molar-refractivity contribution in [2.24, 2.45) is 0 Å². The number of hydrogen-bond acceptors (Lipinski definition) is 4. The maximum atomic E-state index is 12.9. The summed E-state index contributed by atoms with van der Waals surface area (Å²) in [4.78, 5) is 27.2. The number of phenolic OH excluding ortho intramolecular Hbond substituents is 1. The van der Waals surface area contributed by atoms with Crippen LogP contribution in [0, 0.1) is 13.8 Å². The lowest BCUT2D eigenvalue weighted by atomic mass is 9.94. The largest absolute Gasteiger partial charge is 0.508 e. The van der Waals surface area contributed by atoms with Gasteiger partial charge in [-0.15, -0.1) is 0 Å². The van der Waals surface area contributed by atoms with Crippen LogP contribution in [-0.4, -0.2) is 33.3 Å². The van der Waals surface area contributed by atoms with E-state index in [1.807, 2.05) is 26.0 Å². The van der Waals surface area contributed by atoms with Crippen molar-refractivity contribution in [3.05, 3.63) is 70.3 Å². The number of aromatic hydroxyl groups is 1. The minimum absolute atomic E-state index is 0.0976. The monoisotopic (exact) mass is 393 g/mol. The minimum atomic E-state index is -0.672. The standard InChI is InChI=1S/C24H27NO4/c1-4-5-6-13-25-21(17-9-11-19(26)12-10-17)20(23(28)24(25)29)22(27)18-8-7-15(2)16(3)14-18/h7-12,14,21,26-27H,4-6,13H2,1-3H3/b22-20-. The lowest BCUT2D eigenvalue weighted by molar-refractivity contribution is -0.139. The Morgan fingerprint density at radius 2 is 1.69 bits per heavy atom. The molecule has 1 atom stereocenters. The molecule has 0 saturated carbocycles. The summed E-state index contributed by atoms with van der Waals surface area (Å²) in [6.45, 7) is 6.42. The number of phenols is 1. The zero-order valence-corrected chi connectivity index (χ0v) is 17.1. The predicted molar refractivity (Wildman–Crippen MR) is 113 cm³/mol. The van der Waals surface area contributed by atoms with E-state index in [0.29, 0.717) is 17.7 Å². The molecule has 2 aromatic carbocycles. The topological polar surface area (TPSA) is 77.8 Å². The Kier molecular flexibility index (Phi) is 6.06. The molecule has 1 amide bonds. The maximum Gasteiger partial charge on any atom is 0.295 e. The van der Waals surface area contributed by atoms with E-state index in [1.165, 1.54) is 17.0 Å². The van der Waals surface area contributed by atoms with Gasteiger partial charge < -0.3 is 15.1 Å². The smallest absolute Gasteiger partial charge is 0.295 e. The summed E-state index contributed by atoms with van der Waals surface area (Å²) in [5.74, 6) is -1.33. The Bertz CT molecular complexity index is 959. The molecular formula is C24H27NO4. The van der Waals surface area contributed by atoms with Crippen molar-refractivity contribution in [3.8, 4) is 5.75 Å². The average molecular weight is 393 g/mol. The molecule has 1 aliphatic rings. The van der Waals surface area contributed by atoms with Crippen LogP contribution in [0.1, 0.15) is 54.5 Å². The lowest BCUT2D eigenvalue weighted by Gasteiger charge is -2.25. The van der Waals surface area contributed by atoms with Crippen LogP contribution < -0.4 is 0 Å². The molecular weight excluding hydrogens is 366 g/mol. The third-order valence-electron chi connectivity index (χ3n) is 5.53. The fourth-order valence-electron chi connectivity index (χ4n) is 3.69. The van der Waals surface area contributed by atoms with E-state index < -0.39 is 17.7 Å². The number of aliphatic hydroxyl groups is 1. The van der Waals surface area contributed by atoms with Gasteiger partial charge in [-0.25, -0.2) is 0 Å². The fourth-order valence-corrected chi connectivity index (χ4v) is 3.69. The van der Waals surface area contributed by atoms with Crippen molar-refractivity contribution < 1.29 is 19.8 Å². The third kappa shape index (κ3) is 4.04. The van der Waals surface area contributed by atoms with Gasteiger partial charge in [0.25, 0.3) is 11.7 Å². The SMILES string of the molecule is CCCCCN1C(=O)C(=O)/C(=C(\O)c2ccc(C)c(C)c2)C1c1ccc(O)cc1. The first-order valence-electron chi connectivity index (χ1n) is 10.00. The minimum Gasteiger partial charge on any atom is -0.508 e. The van der Waals surface area contributed by atoms with Crippen LogP contribution >= 0.6 is 0 Å². The molecule has 1 saturated heterocycles. The number of carbonyl (C=O) groups excluding carboxylic acids is 2. The van der Waals surface area contributed by atoms with Crippen LogP contribution in [0.15, 0.2) is 48.0 Å². The van der Waals surface area contributed by atoms with Crippen molar-refractivity contribution in [2.75, 3.05) is 6.54 Å². The van der Waals surface area contributed by atoms with Gasteiger partial charge in [-0.05, 0) is 55.2 Å². The number of carbonyl (C=O) groups is 2. The van der Waals surface area contributed by atoms with Crippen LogP contribution in [0.5, 0.6) is 5.75 Å². The number of Topliss-reactive ketones (excluding diaryl/α,β-unsaturated/α-hetero) is 1. The number of unbranched alkanes of at least 4 members (excludes halogenated alkanes) is 2. The number of nitrogens with zero attached hydrogens (tertiary/aromatic N) is 1. The Morgan fingerprint density at radius 1 is 1.00 bits per heavy atom. The van der Waals surface area contributed by atoms with Gasteiger partial charge in [-0.2, -0.15) is 0 Å². The molecule has 1 heterocycles. The highest BCUT2D eigenvalue weighted by atomic mass is 16.3. The van der Waals surface area contributed by atoms with Crippen LogP contribution in [0.4, 0.5) is 0 Å². The van der Waals surface area contributed by atoms with E-state index >= 15 is 0 Å². The highest BCUT2D eigenvalue weighted by Crippen LogP contribution is 2.40. The molecule has 0 spiro atoms. The molecule has 0 radical (unpaired) electrons. The number of benzene rings is 2. The zero-order chi connectivity index (χ0) is 21.1. The van der Waals surface area contributed by atoms with E-state index in [1.54, 1.807) is 18.2 Å². The zero-order valence-electron chi connectivity index (χ0n) is 17.1. The molecule has 0 bridgehead atoms. The van der Waals surface area contributed by atoms with Crippen LogP contribution in [-0.2, 0) is 9.59 Å². The number of rotatable bonds is 6. The maximum absolute atomic E-state index is 12.9. The number of aryl methyl sites for hydroxylation is 2. The van der Waals surface area contributed by atoms with Crippen molar-refractivity contribution >= 4 is 17.4 Å². The number of aliphatic hydroxyl groups excluding tert-OH is 1. The van der Waals surface area contributed by atoms with Gasteiger partial charge in [0.1, 0.15) is 11.5 Å². The number of likely N-dealkylation sites (tertiary alicyclic amines) is 1. The summed E-state index contributed by atoms with van der Waals surface area (Å²) in [6, 6.07) is 11.2. The van der Waals surface area contributed by atoms with Gasteiger partial charge in [-0.3, -0.25) is 9.59 Å². The first-order chi connectivity index (χ1) is 13.8. The molecule has 2 aromatic rings. The predicted octanol–water partition coefficient (Wildman–Crippen LogP) is 4.62. The highest BCUT2D eigenvalue weighted by Gasteiger charge is 2.45. The van der Waals surface area contributed by atoms with Gasteiger partial charge >= 0.3 is 0 Å². The van der Waals surface area contributed by atoms with Gasteiger partial charge in [-0.1, -0.05) is 44.0 Å². The highest BCUT2D eigenvalue weighted by molar-refractivity contribution is 6.46. The molecule has 2 N–H and O–H groups in total. The molecule has 5 nitrogen and oxygen atoms in total. The van der Waals surface area contributed by atoms with E-state index in [-0.39, 0.29) is 17.1 Å². The molecule has 1 fully saturated rings. The quantitative estimate of drug-likeness (QED) is 0.325. The van der Waals surface area contributed by atoms with Crippen molar-refractivity contribution in [1.82, 2.24) is 4.90 Å². The third-order valence-corrected chi connectivity index (χ3v) is 5.53. The molecule has 5 heteroatoms. The van der Waals surface area contributed by atoms with Crippen LogP contribution in [0.3, 0.4) is 0 Å². The molecule has 0 aliphatic carbocycles. The van der Waals surface area contributed by atoms with Crippen LogP contribution in [0.25, 0.3) is 5.76 Å². The van der Waals surface area contributed by atoms with E-state index in [9.17, 15) is 19.8 Å². The second-order valence-electron chi connectivity index (χ2n) is 7.59. The number of hydrogen-bond donors (Lipinski definition) is 2. The molecule has 1 unspecified atom stereocenters. The first-order valence-corrected chi connectivity index (χ1v) is 10.00. The molecule has 1 aliphatic heterocycles. The van der Waals surface area contributed by atoms with Crippen molar-refractivity contribution in [2.45, 2.75) is 46.1 Å². The van der Waals surface area contributed by atoms with Gasteiger partial charge in [0.2, 0.25) is 0 Å². The lowest BCUT2D eigenvalue weighted by Crippen LogP contribution is -2.30. The Morgan fingerprint density at radius 3 is 2.31 bits per heavy atom. The number of amides is 1. The summed E-state index contributed by atoms with van der Waals surface area (Å²) in [7, 11) is 0. The normalized spacial score (nSPS) is 18.4. The second-order valence-corrected chi connectivity index (χ2v) is 7.59. The Balaban J connectivity index is 2.13.